The van der Waals surface area contributed by atoms with Gasteiger partial charge in [-0.15, -0.1) is 0 Å². The molecule has 20 heavy (non-hydrogen) atoms. The van der Waals surface area contributed by atoms with Crippen molar-refractivity contribution < 1.29 is 13.9 Å². The highest BCUT2D eigenvalue weighted by molar-refractivity contribution is 5.92. The second-order valence-electron chi connectivity index (χ2n) is 4.32. The number of aromatic nitrogens is 4. The van der Waals surface area contributed by atoms with Crippen LogP contribution < -0.4 is 9.64 Å². The molecule has 0 radical (unpaired) electrons. The Bertz CT molecular complexity index is 630. The van der Waals surface area contributed by atoms with Crippen LogP contribution in [0.1, 0.15) is 6.42 Å². The van der Waals surface area contributed by atoms with Crippen molar-refractivity contribution in [2.24, 2.45) is 0 Å². The van der Waals surface area contributed by atoms with Gasteiger partial charge in [0.05, 0.1) is 0 Å². The molecule has 1 aliphatic heterocycles. The van der Waals surface area contributed by atoms with E-state index in [0.717, 1.165) is 6.42 Å². The molecule has 8 heteroatoms. The van der Waals surface area contributed by atoms with Gasteiger partial charge in [0.2, 0.25) is 0 Å². The minimum atomic E-state index is -0.497. The highest BCUT2D eigenvalue weighted by Crippen LogP contribution is 2.18. The molecule has 0 unspecified atom stereocenters. The normalized spacial score (nSPS) is 13.9. The smallest absolute Gasteiger partial charge is 0.267 e. The van der Waals surface area contributed by atoms with Crippen molar-refractivity contribution in [3.63, 3.8) is 0 Å². The van der Waals surface area contributed by atoms with Gasteiger partial charge in [-0.05, 0) is 29.0 Å². The first-order valence-electron chi connectivity index (χ1n) is 6.19. The summed E-state index contributed by atoms with van der Waals surface area (Å²) >= 11 is 0. The van der Waals surface area contributed by atoms with Crippen LogP contribution in [-0.4, -0.2) is 39.3 Å². The molecule has 0 bridgehead atoms. The van der Waals surface area contributed by atoms with Gasteiger partial charge in [-0.2, -0.15) is 0 Å². The summed E-state index contributed by atoms with van der Waals surface area (Å²) in [6, 6.07) is 5.96. The summed E-state index contributed by atoms with van der Waals surface area (Å²) in [4.78, 5) is 13.6. The molecule has 0 spiro atoms. The number of carbonyl (C=O) groups excluding carboxylic acids is 1. The van der Waals surface area contributed by atoms with E-state index in [-0.39, 0.29) is 18.3 Å². The average Bonchev–Trinajstić information content (AvgIpc) is 2.94. The minimum absolute atomic E-state index is 0.0532. The number of para-hydroxylation sites is 1. The maximum atomic E-state index is 13.4. The van der Waals surface area contributed by atoms with E-state index in [1.54, 1.807) is 16.8 Å². The van der Waals surface area contributed by atoms with Gasteiger partial charge in [-0.25, -0.2) is 9.07 Å². The lowest BCUT2D eigenvalue weighted by molar-refractivity contribution is -0.120. The number of anilines is 1. The van der Waals surface area contributed by atoms with Crippen molar-refractivity contribution in [1.29, 1.82) is 0 Å². The number of aryl methyl sites for hydroxylation is 1. The van der Waals surface area contributed by atoms with E-state index in [1.807, 2.05) is 0 Å². The predicted molar refractivity (Wildman–Crippen MR) is 66.7 cm³/mol. The van der Waals surface area contributed by atoms with Gasteiger partial charge in [-0.1, -0.05) is 17.2 Å². The number of benzene rings is 1. The van der Waals surface area contributed by atoms with E-state index in [4.69, 9.17) is 4.74 Å². The number of tetrazole rings is 1. The van der Waals surface area contributed by atoms with Crippen LogP contribution in [0.5, 0.6) is 5.75 Å². The van der Waals surface area contributed by atoms with Gasteiger partial charge >= 0.3 is 0 Å². The molecule has 0 N–H and O–H groups in total. The molecule has 1 aliphatic rings. The summed E-state index contributed by atoms with van der Waals surface area (Å²) in [5, 5.41) is 11.1. The second kappa shape index (κ2) is 5.24. The quantitative estimate of drug-likeness (QED) is 0.822. The zero-order chi connectivity index (χ0) is 13.9. The number of halogens is 1. The molecule has 104 valence electrons. The second-order valence-corrected chi connectivity index (χ2v) is 4.32. The van der Waals surface area contributed by atoms with E-state index in [2.05, 4.69) is 15.5 Å². The lowest BCUT2D eigenvalue weighted by atomic mass is 10.3. The Morgan fingerprint density at radius 1 is 1.35 bits per heavy atom. The zero-order valence-corrected chi connectivity index (χ0v) is 10.6. The molecule has 2 aromatic rings. The summed E-state index contributed by atoms with van der Waals surface area (Å²) in [7, 11) is 0. The van der Waals surface area contributed by atoms with E-state index in [0.29, 0.717) is 19.0 Å². The third kappa shape index (κ3) is 2.31. The Balaban J connectivity index is 1.68. The first-order chi connectivity index (χ1) is 9.75. The molecule has 1 aromatic heterocycles. The standard InChI is InChI=1S/C12H12FN5O2/c13-9-4-1-2-5-10(9)20-8-11(19)17-6-3-7-18-12(17)14-15-16-18/h1-2,4-5H,3,6-8H2. The number of fused-ring (bicyclic) bond motifs is 1. The van der Waals surface area contributed by atoms with Gasteiger partial charge in [0.15, 0.2) is 18.2 Å². The zero-order valence-electron chi connectivity index (χ0n) is 10.6. The largest absolute Gasteiger partial charge is 0.481 e. The minimum Gasteiger partial charge on any atom is -0.481 e. The lowest BCUT2D eigenvalue weighted by Gasteiger charge is -2.25. The van der Waals surface area contributed by atoms with Gasteiger partial charge < -0.3 is 4.74 Å². The summed E-state index contributed by atoms with van der Waals surface area (Å²) < 4.78 is 20.1. The molecule has 0 atom stereocenters. The average molecular weight is 277 g/mol. The maximum Gasteiger partial charge on any atom is 0.267 e. The number of hydrogen-bond donors (Lipinski definition) is 0. The molecule has 0 aliphatic carbocycles. The monoisotopic (exact) mass is 277 g/mol. The molecule has 0 saturated heterocycles. The van der Waals surface area contributed by atoms with Gasteiger partial charge in [0.1, 0.15) is 0 Å². The molecule has 1 aromatic carbocycles. The van der Waals surface area contributed by atoms with Crippen LogP contribution in [0.15, 0.2) is 24.3 Å². The fourth-order valence-corrected chi connectivity index (χ4v) is 2.03. The maximum absolute atomic E-state index is 13.4. The molecule has 1 amide bonds. The van der Waals surface area contributed by atoms with Gasteiger partial charge in [0.25, 0.3) is 11.9 Å². The Labute approximate surface area is 113 Å². The summed E-state index contributed by atoms with van der Waals surface area (Å²) in [6.07, 6.45) is 0.767. The van der Waals surface area contributed by atoms with E-state index in [1.165, 1.54) is 17.0 Å². The number of hydrogen-bond acceptors (Lipinski definition) is 5. The van der Waals surface area contributed by atoms with Crippen molar-refractivity contribution in [2.75, 3.05) is 18.1 Å². The predicted octanol–water partition coefficient (Wildman–Crippen LogP) is 0.628. The molecule has 0 fully saturated rings. The van der Waals surface area contributed by atoms with E-state index < -0.39 is 5.82 Å². The molecular formula is C12H12FN5O2. The Morgan fingerprint density at radius 2 is 2.20 bits per heavy atom. The van der Waals surface area contributed by atoms with Crippen molar-refractivity contribution in [2.45, 2.75) is 13.0 Å². The molecular weight excluding hydrogens is 265 g/mol. The van der Waals surface area contributed by atoms with Crippen LogP contribution in [0.3, 0.4) is 0 Å². The van der Waals surface area contributed by atoms with Crippen LogP contribution in [0.2, 0.25) is 0 Å². The molecule has 0 saturated carbocycles. The van der Waals surface area contributed by atoms with Crippen LogP contribution in [0, 0.1) is 5.82 Å². The van der Waals surface area contributed by atoms with Crippen molar-refractivity contribution in [3.8, 4) is 5.75 Å². The fourth-order valence-electron chi connectivity index (χ4n) is 2.03. The number of carbonyl (C=O) groups is 1. The fraction of sp³-hybridized carbons (Fsp3) is 0.333. The SMILES string of the molecule is O=C(COc1ccccc1F)N1CCCn2nnnc21. The molecule has 3 rings (SSSR count). The van der Waals surface area contributed by atoms with Crippen LogP contribution in [0.4, 0.5) is 10.3 Å². The summed E-state index contributed by atoms with van der Waals surface area (Å²) in [5.74, 6) is -0.344. The first-order valence-corrected chi connectivity index (χ1v) is 6.19. The van der Waals surface area contributed by atoms with Crippen molar-refractivity contribution >= 4 is 11.9 Å². The lowest BCUT2D eigenvalue weighted by Crippen LogP contribution is -2.40. The molecule has 7 nitrogen and oxygen atoms in total. The van der Waals surface area contributed by atoms with E-state index in [9.17, 15) is 9.18 Å². The Hall–Kier alpha value is -2.51. The Kier molecular flexibility index (Phi) is 3.28. The number of nitrogens with zero attached hydrogens (tertiary/aromatic N) is 5. The molecule has 2 heterocycles. The van der Waals surface area contributed by atoms with Crippen molar-refractivity contribution in [1.82, 2.24) is 20.2 Å². The van der Waals surface area contributed by atoms with Gasteiger partial charge in [-0.3, -0.25) is 9.69 Å². The third-order valence-corrected chi connectivity index (χ3v) is 2.99. The topological polar surface area (TPSA) is 73.1 Å². The highest BCUT2D eigenvalue weighted by atomic mass is 19.1. The van der Waals surface area contributed by atoms with Crippen LogP contribution >= 0.6 is 0 Å². The van der Waals surface area contributed by atoms with Crippen LogP contribution in [0.25, 0.3) is 0 Å². The van der Waals surface area contributed by atoms with E-state index >= 15 is 0 Å². The third-order valence-electron chi connectivity index (χ3n) is 2.99. The summed E-state index contributed by atoms with van der Waals surface area (Å²) in [6.45, 7) is 0.952. The number of amides is 1. The number of ether oxygens (including phenoxy) is 1. The van der Waals surface area contributed by atoms with Gasteiger partial charge in [0, 0.05) is 13.1 Å². The first kappa shape index (κ1) is 12.5. The van der Waals surface area contributed by atoms with Crippen molar-refractivity contribution in [3.05, 3.63) is 30.1 Å². The highest BCUT2D eigenvalue weighted by Gasteiger charge is 2.25. The number of rotatable bonds is 3. The van der Waals surface area contributed by atoms with Crippen LogP contribution in [-0.2, 0) is 11.3 Å². The summed E-state index contributed by atoms with van der Waals surface area (Å²) in [5.41, 5.74) is 0. The Morgan fingerprint density at radius 3 is 3.05 bits per heavy atom.